The van der Waals surface area contributed by atoms with Crippen LogP contribution in [0.2, 0.25) is 5.02 Å². The van der Waals surface area contributed by atoms with Gasteiger partial charge in [0.1, 0.15) is 28.7 Å². The molecule has 1 aliphatic heterocycles. The van der Waals surface area contributed by atoms with Gasteiger partial charge in [0.15, 0.2) is 14.9 Å². The lowest BCUT2D eigenvalue weighted by Gasteiger charge is -2.21. The molecule has 2 aromatic carbocycles. The van der Waals surface area contributed by atoms with Crippen molar-refractivity contribution >= 4 is 42.6 Å². The van der Waals surface area contributed by atoms with Crippen LogP contribution in [0.4, 0.5) is 26.3 Å². The summed E-state index contributed by atoms with van der Waals surface area (Å²) in [5.74, 6) is -5.16. The van der Waals surface area contributed by atoms with E-state index in [0.29, 0.717) is 12.1 Å². The Labute approximate surface area is 292 Å². The van der Waals surface area contributed by atoms with E-state index in [-0.39, 0.29) is 26.7 Å². The van der Waals surface area contributed by atoms with Crippen molar-refractivity contribution in [1.82, 2.24) is 18.2 Å². The fourth-order valence-corrected chi connectivity index (χ4v) is 7.06. The molecule has 2 heterocycles. The number of benzene rings is 2. The van der Waals surface area contributed by atoms with Gasteiger partial charge < -0.3 is 4.84 Å². The zero-order valence-electron chi connectivity index (χ0n) is 27.5. The highest BCUT2D eigenvalue weighted by Crippen LogP contribution is 2.29. The minimum Gasteiger partial charge on any atom is -0.389 e. The number of amides is 1. The average molecular weight is 790 g/mol. The Morgan fingerprint density at radius 3 is 2.12 bits per heavy atom. The van der Waals surface area contributed by atoms with Gasteiger partial charge in [0.2, 0.25) is 0 Å². The van der Waals surface area contributed by atoms with E-state index in [2.05, 4.69) is 5.16 Å². The number of alkyl halides is 3. The van der Waals surface area contributed by atoms with Crippen LogP contribution in [0.3, 0.4) is 0 Å². The first-order valence-electron chi connectivity index (χ1n) is 14.3. The van der Waals surface area contributed by atoms with Crippen LogP contribution in [-0.2, 0) is 43.9 Å². The number of sulfone groups is 1. The highest BCUT2D eigenvalue weighted by Gasteiger charge is 2.37. The van der Waals surface area contributed by atoms with Crippen LogP contribution in [0.15, 0.2) is 51.1 Å². The molecular weight excluding hydrogens is 760 g/mol. The molecule has 1 aromatic heterocycles. The fraction of sp³-hybridized carbons (Fsp3) is 0.379. The van der Waals surface area contributed by atoms with Gasteiger partial charge in [0, 0.05) is 38.2 Å². The average Bonchev–Trinajstić information content (AvgIpc) is 3.37. The van der Waals surface area contributed by atoms with Crippen molar-refractivity contribution in [1.29, 1.82) is 0 Å². The van der Waals surface area contributed by atoms with Crippen LogP contribution in [0, 0.1) is 17.5 Å². The number of aromatic nitrogens is 2. The summed E-state index contributed by atoms with van der Waals surface area (Å²) in [6.45, 7) is 6.42. The minimum atomic E-state index is -5.04. The number of carbonyl (C=O) groups excluding carboxylic acids is 1. The van der Waals surface area contributed by atoms with Gasteiger partial charge in [0.05, 0.1) is 22.0 Å². The second-order valence-electron chi connectivity index (χ2n) is 11.8. The molecule has 3 aromatic rings. The number of carbonyl (C=O) groups is 1. The molecule has 0 saturated heterocycles. The van der Waals surface area contributed by atoms with Crippen molar-refractivity contribution in [2.24, 2.45) is 12.2 Å². The lowest BCUT2D eigenvalue weighted by Crippen LogP contribution is -2.44. The zero-order valence-corrected chi connectivity index (χ0v) is 29.9. The molecule has 280 valence electrons. The molecule has 4 rings (SSSR count). The van der Waals surface area contributed by atoms with Gasteiger partial charge in [-0.25, -0.2) is 35.7 Å². The highest BCUT2D eigenvalue weighted by atomic mass is 35.5. The Balaban J connectivity index is 0.000000313. The Hall–Kier alpha value is -4.21. The van der Waals surface area contributed by atoms with Crippen LogP contribution in [0.25, 0.3) is 5.69 Å². The van der Waals surface area contributed by atoms with Crippen molar-refractivity contribution in [2.45, 2.75) is 57.7 Å². The molecule has 0 bridgehead atoms. The predicted octanol–water partition coefficient (Wildman–Crippen LogP) is 4.05. The largest absolute Gasteiger partial charge is 0.431 e. The molecule has 0 spiro atoms. The molecule has 0 saturated carbocycles. The van der Waals surface area contributed by atoms with Gasteiger partial charge in [0.25, 0.3) is 11.5 Å². The molecule has 13 nitrogen and oxygen atoms in total. The van der Waals surface area contributed by atoms with Crippen LogP contribution in [-0.4, -0.2) is 59.9 Å². The second-order valence-corrected chi connectivity index (χ2v) is 16.0. The summed E-state index contributed by atoms with van der Waals surface area (Å²) in [7, 11) is -6.32. The molecule has 22 heteroatoms. The van der Waals surface area contributed by atoms with Gasteiger partial charge in [-0.3, -0.25) is 14.2 Å². The number of halogens is 7. The van der Waals surface area contributed by atoms with E-state index in [4.69, 9.17) is 16.4 Å². The third-order valence-corrected chi connectivity index (χ3v) is 10.7. The minimum absolute atomic E-state index is 0.0619. The summed E-state index contributed by atoms with van der Waals surface area (Å²) in [5.41, 5.74) is -7.37. The van der Waals surface area contributed by atoms with Gasteiger partial charge in [-0.1, -0.05) is 22.8 Å². The van der Waals surface area contributed by atoms with Gasteiger partial charge in [-0.15, -0.1) is 0 Å². The SMILES string of the molecule is CC(C)N(C)S(=O)(=O)NC(=O)c1cc(-n2c(=O)cc(C(F)(F)F)n(C)c2=O)c(F)cc1Cl.CC1(C)CC(S(=O)(=O)Cc2c(F)cccc2F)=NO1. The predicted molar refractivity (Wildman–Crippen MR) is 173 cm³/mol. The quantitative estimate of drug-likeness (QED) is 0.350. The number of oxime groups is 1. The van der Waals surface area contributed by atoms with Crippen molar-refractivity contribution in [3.8, 4) is 5.69 Å². The van der Waals surface area contributed by atoms with E-state index in [1.807, 2.05) is 0 Å². The normalized spacial score (nSPS) is 14.5. The second kappa shape index (κ2) is 14.8. The summed E-state index contributed by atoms with van der Waals surface area (Å²) in [4.78, 5) is 42.1. The Morgan fingerprint density at radius 2 is 1.63 bits per heavy atom. The van der Waals surface area contributed by atoms with Crippen molar-refractivity contribution < 1.29 is 52.8 Å². The third kappa shape index (κ3) is 9.37. The van der Waals surface area contributed by atoms with Crippen molar-refractivity contribution in [3.63, 3.8) is 0 Å². The van der Waals surface area contributed by atoms with E-state index in [0.717, 1.165) is 23.5 Å². The van der Waals surface area contributed by atoms with Crippen molar-refractivity contribution in [2.75, 3.05) is 7.05 Å². The number of hydrogen-bond acceptors (Lipinski definition) is 9. The first-order chi connectivity index (χ1) is 23.2. The summed E-state index contributed by atoms with van der Waals surface area (Å²) < 4.78 is 132. The van der Waals surface area contributed by atoms with Crippen LogP contribution in [0.1, 0.15) is 55.7 Å². The lowest BCUT2D eigenvalue weighted by atomic mass is 10.1. The monoisotopic (exact) mass is 789 g/mol. The molecule has 0 unspecified atom stereocenters. The first-order valence-corrected chi connectivity index (χ1v) is 17.8. The van der Waals surface area contributed by atoms with Crippen LogP contribution in [0.5, 0.6) is 0 Å². The maximum Gasteiger partial charge on any atom is 0.431 e. The van der Waals surface area contributed by atoms with Crippen molar-refractivity contribution in [3.05, 3.63) is 96.5 Å². The fourth-order valence-electron chi connectivity index (χ4n) is 4.24. The van der Waals surface area contributed by atoms with Crippen LogP contribution >= 0.6 is 11.6 Å². The molecule has 0 fully saturated rings. The van der Waals surface area contributed by atoms with Crippen LogP contribution < -0.4 is 16.0 Å². The highest BCUT2D eigenvalue weighted by molar-refractivity contribution is 8.05. The number of nitrogens with one attached hydrogen (secondary N) is 1. The summed E-state index contributed by atoms with van der Waals surface area (Å²) >= 11 is 5.82. The zero-order chi connectivity index (χ0) is 39.0. The Morgan fingerprint density at radius 1 is 1.06 bits per heavy atom. The third-order valence-electron chi connectivity index (χ3n) is 7.19. The van der Waals surface area contributed by atoms with Gasteiger partial charge >= 0.3 is 22.1 Å². The van der Waals surface area contributed by atoms with E-state index >= 15 is 0 Å². The first kappa shape index (κ1) is 41.2. The molecule has 1 amide bonds. The summed E-state index contributed by atoms with van der Waals surface area (Å²) in [6, 6.07) is 3.88. The van der Waals surface area contributed by atoms with E-state index in [1.165, 1.54) is 27.0 Å². The molecule has 0 aliphatic carbocycles. The maximum atomic E-state index is 14.5. The molecule has 1 N–H and O–H groups in total. The molecule has 51 heavy (non-hydrogen) atoms. The smallest absolute Gasteiger partial charge is 0.389 e. The van der Waals surface area contributed by atoms with E-state index in [9.17, 15) is 57.6 Å². The molecule has 0 radical (unpaired) electrons. The Bertz CT molecular complexity index is 2220. The summed E-state index contributed by atoms with van der Waals surface area (Å²) in [6.07, 6.45) is -4.95. The van der Waals surface area contributed by atoms with Gasteiger partial charge in [-0.2, -0.15) is 25.9 Å². The lowest BCUT2D eigenvalue weighted by molar-refractivity contribution is -0.144. The number of nitrogens with zero attached hydrogens (tertiary/aromatic N) is 4. The van der Waals surface area contributed by atoms with E-state index < -0.39 is 106 Å². The number of rotatable bonds is 7. The van der Waals surface area contributed by atoms with E-state index in [1.54, 1.807) is 18.6 Å². The Kier molecular flexibility index (Phi) is 12.0. The summed E-state index contributed by atoms with van der Waals surface area (Å²) in [5, 5.41) is 2.75. The molecule has 1 aliphatic rings. The van der Waals surface area contributed by atoms with Gasteiger partial charge in [-0.05, 0) is 52.0 Å². The standard InChI is InChI=1S/C17H17ClF4N4O5S.C12H13F2NO3S/c1-8(2)25(4)32(30,31)23-15(28)9-5-12(11(19)6-10(9)18)26-14(27)7-13(17(20,21)22)24(3)16(26)29;1-12(2)6-11(15-18-12)19(16,17)7-8-9(13)4-3-5-10(8)14/h5-8H,1-4H3,(H,23,28);3-5H,6-7H2,1-2H3. The molecular formula is C29H30ClF6N5O8S2. The topological polar surface area (TPSA) is 166 Å². The molecule has 0 atom stereocenters. The maximum absolute atomic E-state index is 14.5. The number of hydrogen-bond donors (Lipinski definition) is 1.